The molecule has 4 rings (SSSR count). The fourth-order valence-corrected chi connectivity index (χ4v) is 9.12. The molecule has 20 atom stereocenters. The Morgan fingerprint density at radius 2 is 1.41 bits per heavy atom. The average Bonchev–Trinajstić information content (AvgIpc) is 3.81. The second-order valence-corrected chi connectivity index (χ2v) is 20.8. The first kappa shape index (κ1) is 69.2. The van der Waals surface area contributed by atoms with Crippen LogP contribution in [-0.4, -0.2) is 236 Å². The van der Waals surface area contributed by atoms with Gasteiger partial charge in [-0.1, -0.05) is 0 Å². The zero-order chi connectivity index (χ0) is 61.0. The average molecular weight is 1170 g/mol. The number of esters is 1. The number of ketones is 2. The number of hydrogen-bond donors (Lipinski definition) is 11. The lowest BCUT2D eigenvalue weighted by atomic mass is 9.75. The number of carbonyl (C=O) groups excluding carboxylic acids is 3. The molecule has 0 spiro atoms. The molecule has 1 aliphatic heterocycles. The molecule has 0 amide bonds. The zero-order valence-electron chi connectivity index (χ0n) is 47.7. The predicted molar refractivity (Wildman–Crippen MR) is 279 cm³/mol. The topological polar surface area (TPSA) is 402 Å². The van der Waals surface area contributed by atoms with Gasteiger partial charge in [0.25, 0.3) is 0 Å². The van der Waals surface area contributed by atoms with Crippen molar-refractivity contribution < 1.29 is 132 Å². The molecule has 2 aromatic rings. The maximum absolute atomic E-state index is 14.7. The quantitative estimate of drug-likeness (QED) is 0.0252. The molecule has 1 saturated heterocycles. The van der Waals surface area contributed by atoms with Crippen LogP contribution in [0, 0.1) is 12.8 Å². The van der Waals surface area contributed by atoms with Crippen molar-refractivity contribution in [3.63, 3.8) is 0 Å². The summed E-state index contributed by atoms with van der Waals surface area (Å²) in [5.74, 6) is -6.12. The van der Waals surface area contributed by atoms with E-state index in [4.69, 9.17) is 61.9 Å². The first-order valence-electron chi connectivity index (χ1n) is 26.7. The van der Waals surface area contributed by atoms with Gasteiger partial charge in [-0.3, -0.25) is 19.2 Å². The molecular formula is C54H84O27. The number of phenolic OH excluding ortho intramolecular Hbond substituents is 2. The van der Waals surface area contributed by atoms with Gasteiger partial charge in [-0.15, -0.1) is 0 Å². The Morgan fingerprint density at radius 1 is 0.802 bits per heavy atom. The highest BCUT2D eigenvalue weighted by atomic mass is 16.7. The van der Waals surface area contributed by atoms with Crippen molar-refractivity contribution in [3.8, 4) is 17.2 Å². The summed E-state index contributed by atoms with van der Waals surface area (Å²) in [6, 6.07) is 2.97. The standard InChI is InChI=1S/C54H84O27/c1-23-39(79-31(9)75-27(5)38(59)20-72-30(8)77-28(6)40(18-55)81-42(62)14-13-41(60)61)17-34-15-33-16-35(50(70-12)49(67)46(64)24(2)56)51(48(66)44(33)47(65)43(34)45(23)63)80-32(10)76-26(4)36(57)19-71-22-74-25(3)37(58)21-73-53-54(11,69)52(68)29(7)78-53/h15,17,24-32,35-38,40,46,50-53,55-59,63-65,68-69H,13-14,16,18-22H2,1-12H3,(H,60,61)/t24-,25?,26?,27?,28?,29?,30-,31?,32?,35+,36+,37-,38+,40+,46+,50+,51+,52-,53?,54?/m1/s1. The largest absolute Gasteiger partial charge is 0.507 e. The van der Waals surface area contributed by atoms with Gasteiger partial charge >= 0.3 is 11.9 Å². The number of Topliss-reactive ketones (excluding diaryl/α,β-unsaturated/α-hetero) is 2. The van der Waals surface area contributed by atoms with E-state index in [1.54, 1.807) is 6.92 Å². The summed E-state index contributed by atoms with van der Waals surface area (Å²) < 4.78 is 67.9. The first-order chi connectivity index (χ1) is 37.9. The van der Waals surface area contributed by atoms with Crippen molar-refractivity contribution in [2.75, 3.05) is 40.3 Å². The van der Waals surface area contributed by atoms with Crippen molar-refractivity contribution >= 4 is 34.3 Å². The molecule has 0 radical (unpaired) electrons. The van der Waals surface area contributed by atoms with E-state index < -0.39 is 177 Å². The van der Waals surface area contributed by atoms with Crippen LogP contribution in [0.1, 0.15) is 104 Å². The summed E-state index contributed by atoms with van der Waals surface area (Å²) in [5.41, 5.74) is -1.67. The first-order valence-corrected chi connectivity index (χ1v) is 26.7. The van der Waals surface area contributed by atoms with Crippen LogP contribution in [0.4, 0.5) is 0 Å². The van der Waals surface area contributed by atoms with Gasteiger partial charge in [0.2, 0.25) is 0 Å². The van der Waals surface area contributed by atoms with E-state index in [-0.39, 0.29) is 66.2 Å². The number of ether oxygens (including phenoxy) is 12. The Kier molecular flexibility index (Phi) is 26.5. The van der Waals surface area contributed by atoms with Crippen LogP contribution in [0.25, 0.3) is 10.8 Å². The monoisotopic (exact) mass is 1160 g/mol. The maximum atomic E-state index is 14.7. The van der Waals surface area contributed by atoms with E-state index in [2.05, 4.69) is 0 Å². The Bertz CT molecular complexity index is 2360. The Hall–Kier alpha value is -4.34. The fraction of sp³-hybridized carbons (Fsp3) is 0.741. The number of aliphatic carboxylic acids is 1. The second-order valence-electron chi connectivity index (χ2n) is 20.8. The molecule has 81 heavy (non-hydrogen) atoms. The van der Waals surface area contributed by atoms with Crippen LogP contribution < -0.4 is 4.74 Å². The molecule has 2 aliphatic rings. The third-order valence-electron chi connectivity index (χ3n) is 14.2. The van der Waals surface area contributed by atoms with Gasteiger partial charge in [-0.05, 0) is 106 Å². The third-order valence-corrected chi connectivity index (χ3v) is 14.2. The molecule has 0 aromatic heterocycles. The van der Waals surface area contributed by atoms with Crippen LogP contribution in [0.5, 0.6) is 17.2 Å². The highest BCUT2D eigenvalue weighted by Crippen LogP contribution is 2.47. The lowest BCUT2D eigenvalue weighted by Gasteiger charge is -2.38. The number of benzene rings is 2. The highest BCUT2D eigenvalue weighted by Gasteiger charge is 2.52. The van der Waals surface area contributed by atoms with Gasteiger partial charge < -0.3 is 113 Å². The summed E-state index contributed by atoms with van der Waals surface area (Å²) in [6.07, 6.45) is -22.8. The van der Waals surface area contributed by atoms with E-state index in [0.717, 1.165) is 7.11 Å². The van der Waals surface area contributed by atoms with Crippen molar-refractivity contribution in [1.29, 1.82) is 0 Å². The molecule has 1 fully saturated rings. The molecule has 11 N–H and O–H groups in total. The fourth-order valence-electron chi connectivity index (χ4n) is 9.12. The summed E-state index contributed by atoms with van der Waals surface area (Å²) in [5, 5.41) is 116. The molecule has 0 bridgehead atoms. The second kappa shape index (κ2) is 31.0. The van der Waals surface area contributed by atoms with Crippen molar-refractivity contribution in [3.05, 3.63) is 28.8 Å². The Balaban J connectivity index is 1.43. The molecule has 27 nitrogen and oxygen atoms in total. The molecule has 9 unspecified atom stereocenters. The number of phenols is 2. The van der Waals surface area contributed by atoms with E-state index in [0.29, 0.717) is 0 Å². The van der Waals surface area contributed by atoms with Crippen LogP contribution in [0.2, 0.25) is 0 Å². The number of fused-ring (bicyclic) bond motifs is 2. The molecule has 1 aliphatic carbocycles. The van der Waals surface area contributed by atoms with Gasteiger partial charge in [0.1, 0.15) is 72.4 Å². The van der Waals surface area contributed by atoms with Crippen molar-refractivity contribution in [2.45, 2.75) is 212 Å². The highest BCUT2D eigenvalue weighted by molar-refractivity contribution is 6.11. The summed E-state index contributed by atoms with van der Waals surface area (Å²) >= 11 is 0. The maximum Gasteiger partial charge on any atom is 0.306 e. The summed E-state index contributed by atoms with van der Waals surface area (Å²) in [7, 11) is 1.16. The SMILES string of the molecule is CO[C@H](C(=O)[C@@H](O)[C@@H](C)O)[C@@H]1Cc2cc3cc(OC(C)OC(C)[C@@H](O)CO[C@@H](C)OC(C)[C@H](CO)OC(=O)CCC(=O)O)c(C)c(O)c3c(O)c2C(=O)[C@H]1OC(C)OC(C)[C@@H](O)COCOC(C)[C@H](O)COC1OC(C)[C@@H](O)C1(C)O. The number of rotatable bonds is 35. The smallest absolute Gasteiger partial charge is 0.306 e. The van der Waals surface area contributed by atoms with E-state index >= 15 is 0 Å². The normalized spacial score (nSPS) is 25.5. The molecule has 2 aromatic carbocycles. The number of aliphatic hydroxyl groups excluding tert-OH is 7. The van der Waals surface area contributed by atoms with Crippen LogP contribution in [0.3, 0.4) is 0 Å². The van der Waals surface area contributed by atoms with Gasteiger partial charge in [0, 0.05) is 18.6 Å². The van der Waals surface area contributed by atoms with Gasteiger partial charge in [-0.2, -0.15) is 0 Å². The lowest BCUT2D eigenvalue weighted by molar-refractivity contribution is -0.221. The Labute approximate surface area is 469 Å². The molecule has 0 saturated carbocycles. The molecule has 1 heterocycles. The van der Waals surface area contributed by atoms with Crippen LogP contribution in [0.15, 0.2) is 12.1 Å². The van der Waals surface area contributed by atoms with Gasteiger partial charge in [-0.25, -0.2) is 0 Å². The van der Waals surface area contributed by atoms with Gasteiger partial charge in [0.15, 0.2) is 42.8 Å². The lowest BCUT2D eigenvalue weighted by Crippen LogP contribution is -2.52. The minimum absolute atomic E-state index is 0.0754. The number of carbonyl (C=O) groups is 4. The van der Waals surface area contributed by atoms with Gasteiger partial charge in [0.05, 0.1) is 86.8 Å². The number of carboxylic acids is 1. The number of aromatic hydroxyl groups is 2. The predicted octanol–water partition coefficient (Wildman–Crippen LogP) is 0.378. The number of methoxy groups -OCH3 is 1. The Morgan fingerprint density at radius 3 is 1.99 bits per heavy atom. The third kappa shape index (κ3) is 18.3. The molecular weight excluding hydrogens is 1080 g/mol. The minimum Gasteiger partial charge on any atom is -0.507 e. The van der Waals surface area contributed by atoms with Crippen LogP contribution >= 0.6 is 0 Å². The zero-order valence-corrected chi connectivity index (χ0v) is 47.7. The number of hydrogen-bond acceptors (Lipinski definition) is 26. The molecule has 462 valence electrons. The summed E-state index contributed by atoms with van der Waals surface area (Å²) in [4.78, 5) is 51.1. The molecule has 27 heteroatoms. The number of aliphatic hydroxyl groups is 8. The minimum atomic E-state index is -1.94. The van der Waals surface area contributed by atoms with Crippen LogP contribution in [-0.2, 0) is 72.9 Å². The van der Waals surface area contributed by atoms with E-state index in [1.807, 2.05) is 0 Å². The van der Waals surface area contributed by atoms with Crippen molar-refractivity contribution in [1.82, 2.24) is 0 Å². The van der Waals surface area contributed by atoms with E-state index in [9.17, 15) is 70.2 Å². The van der Waals surface area contributed by atoms with E-state index in [1.165, 1.54) is 81.4 Å². The summed E-state index contributed by atoms with van der Waals surface area (Å²) in [6.45, 7) is 14.1. The number of carboxylic acid groups (broad SMARTS) is 1. The van der Waals surface area contributed by atoms with Crippen molar-refractivity contribution in [2.24, 2.45) is 5.92 Å².